The van der Waals surface area contributed by atoms with E-state index in [0.717, 1.165) is 28.1 Å². The summed E-state index contributed by atoms with van der Waals surface area (Å²) in [6.07, 6.45) is 0.449. The first-order chi connectivity index (χ1) is 8.63. The molecule has 0 saturated carbocycles. The van der Waals surface area contributed by atoms with Gasteiger partial charge in [0.05, 0.1) is 6.42 Å². The Hall–Kier alpha value is -2.36. The van der Waals surface area contributed by atoms with Gasteiger partial charge >= 0.3 is 0 Å². The fourth-order valence-electron chi connectivity index (χ4n) is 2.28. The second-order valence-electron chi connectivity index (χ2n) is 4.47. The van der Waals surface area contributed by atoms with Crippen LogP contribution in [0.25, 0.3) is 11.1 Å². The number of aryl methyl sites for hydroxylation is 1. The Bertz CT molecular complexity index is 649. The maximum Gasteiger partial charge on any atom is 0.228 e. The average molecular weight is 239 g/mol. The molecule has 0 atom stereocenters. The smallest absolute Gasteiger partial charge is 0.228 e. The van der Waals surface area contributed by atoms with Crippen LogP contribution in [-0.2, 0) is 11.2 Å². The number of amides is 1. The Kier molecular flexibility index (Phi) is 2.30. The molecule has 90 valence electrons. The number of fused-ring (bicyclic) bond motifs is 1. The molecule has 0 fully saturated rings. The lowest BCUT2D eigenvalue weighted by molar-refractivity contribution is -0.115. The van der Waals surface area contributed by atoms with Gasteiger partial charge in [-0.25, -0.2) is 4.98 Å². The summed E-state index contributed by atoms with van der Waals surface area (Å²) in [6.45, 7) is 1.93. The lowest BCUT2D eigenvalue weighted by atomic mass is 10.0. The van der Waals surface area contributed by atoms with Gasteiger partial charge in [-0.2, -0.15) is 0 Å². The van der Waals surface area contributed by atoms with Gasteiger partial charge in [-0.05, 0) is 42.3 Å². The topological polar surface area (TPSA) is 68.0 Å². The van der Waals surface area contributed by atoms with Crippen LogP contribution in [0, 0.1) is 6.92 Å². The molecule has 0 saturated heterocycles. The van der Waals surface area contributed by atoms with Gasteiger partial charge in [-0.15, -0.1) is 0 Å². The van der Waals surface area contributed by atoms with Crippen LogP contribution >= 0.6 is 0 Å². The number of nitrogens with two attached hydrogens (primary N) is 1. The van der Waals surface area contributed by atoms with E-state index in [1.165, 1.54) is 0 Å². The van der Waals surface area contributed by atoms with Crippen LogP contribution in [0.2, 0.25) is 0 Å². The highest BCUT2D eigenvalue weighted by molar-refractivity contribution is 5.99. The minimum Gasteiger partial charge on any atom is -0.384 e. The van der Waals surface area contributed by atoms with Crippen LogP contribution in [-0.4, -0.2) is 10.9 Å². The van der Waals surface area contributed by atoms with Crippen molar-refractivity contribution in [3.63, 3.8) is 0 Å². The minimum atomic E-state index is 0.0503. The Labute approximate surface area is 105 Å². The number of nitrogens with zero attached hydrogens (tertiary/aromatic N) is 1. The molecule has 1 amide bonds. The van der Waals surface area contributed by atoms with E-state index >= 15 is 0 Å². The van der Waals surface area contributed by atoms with Crippen LogP contribution in [0.15, 0.2) is 30.3 Å². The van der Waals surface area contributed by atoms with Crippen molar-refractivity contribution in [2.75, 3.05) is 11.1 Å². The van der Waals surface area contributed by atoms with E-state index in [9.17, 15) is 4.79 Å². The molecule has 1 aromatic heterocycles. The van der Waals surface area contributed by atoms with Gasteiger partial charge in [0, 0.05) is 16.9 Å². The normalized spacial score (nSPS) is 13.3. The van der Waals surface area contributed by atoms with Crippen molar-refractivity contribution in [1.82, 2.24) is 4.98 Å². The number of pyridine rings is 1. The molecule has 18 heavy (non-hydrogen) atoms. The summed E-state index contributed by atoms with van der Waals surface area (Å²) in [4.78, 5) is 15.6. The van der Waals surface area contributed by atoms with E-state index in [2.05, 4.69) is 10.3 Å². The van der Waals surface area contributed by atoms with E-state index in [0.29, 0.717) is 12.2 Å². The van der Waals surface area contributed by atoms with Crippen molar-refractivity contribution in [3.05, 3.63) is 41.6 Å². The summed E-state index contributed by atoms with van der Waals surface area (Å²) < 4.78 is 0. The number of hydrogen-bond acceptors (Lipinski definition) is 3. The quantitative estimate of drug-likeness (QED) is 0.801. The van der Waals surface area contributed by atoms with Crippen molar-refractivity contribution in [3.8, 4) is 11.1 Å². The van der Waals surface area contributed by atoms with Crippen LogP contribution in [0.5, 0.6) is 0 Å². The molecule has 2 aromatic rings. The molecule has 0 aliphatic carbocycles. The van der Waals surface area contributed by atoms with Crippen LogP contribution in [0.3, 0.4) is 0 Å². The second kappa shape index (κ2) is 3.84. The minimum absolute atomic E-state index is 0.0503. The third-order valence-corrected chi connectivity index (χ3v) is 3.15. The van der Waals surface area contributed by atoms with Gasteiger partial charge < -0.3 is 11.1 Å². The molecule has 2 heterocycles. The van der Waals surface area contributed by atoms with Gasteiger partial charge in [0.15, 0.2) is 0 Å². The number of benzene rings is 1. The van der Waals surface area contributed by atoms with E-state index < -0.39 is 0 Å². The molecule has 3 N–H and O–H groups in total. The van der Waals surface area contributed by atoms with Crippen molar-refractivity contribution < 1.29 is 4.79 Å². The number of rotatable bonds is 1. The number of nitrogen functional groups attached to an aromatic ring is 1. The second-order valence-corrected chi connectivity index (χ2v) is 4.47. The zero-order valence-corrected chi connectivity index (χ0v) is 10.0. The van der Waals surface area contributed by atoms with Gasteiger partial charge in [-0.3, -0.25) is 4.79 Å². The number of hydrogen-bond donors (Lipinski definition) is 2. The largest absolute Gasteiger partial charge is 0.384 e. The van der Waals surface area contributed by atoms with Crippen molar-refractivity contribution >= 4 is 17.4 Å². The summed E-state index contributed by atoms with van der Waals surface area (Å²) in [7, 11) is 0. The summed E-state index contributed by atoms with van der Waals surface area (Å²) in [6, 6.07) is 9.71. The van der Waals surface area contributed by atoms with Gasteiger partial charge in [-0.1, -0.05) is 6.07 Å². The molecule has 0 spiro atoms. The molecule has 0 bridgehead atoms. The monoisotopic (exact) mass is 239 g/mol. The third kappa shape index (κ3) is 1.72. The molecule has 1 aromatic carbocycles. The highest BCUT2D eigenvalue weighted by atomic mass is 16.1. The molecule has 0 unspecified atom stereocenters. The molecular weight excluding hydrogens is 226 g/mol. The highest BCUT2D eigenvalue weighted by Crippen LogP contribution is 2.30. The van der Waals surface area contributed by atoms with E-state index in [1.807, 2.05) is 31.2 Å². The van der Waals surface area contributed by atoms with Crippen molar-refractivity contribution in [1.29, 1.82) is 0 Å². The van der Waals surface area contributed by atoms with Crippen LogP contribution in [0.4, 0.5) is 11.5 Å². The number of aromatic nitrogens is 1. The Morgan fingerprint density at radius 1 is 1.28 bits per heavy atom. The maximum absolute atomic E-state index is 11.3. The highest BCUT2D eigenvalue weighted by Gasteiger charge is 2.18. The summed E-state index contributed by atoms with van der Waals surface area (Å²) >= 11 is 0. The lowest BCUT2D eigenvalue weighted by Crippen LogP contribution is -2.03. The number of carbonyl (C=O) groups excluding carboxylic acids is 1. The summed E-state index contributed by atoms with van der Waals surface area (Å²) in [5.74, 6) is 0.573. The molecule has 1 aliphatic heterocycles. The van der Waals surface area contributed by atoms with Gasteiger partial charge in [0.2, 0.25) is 5.91 Å². The van der Waals surface area contributed by atoms with Crippen LogP contribution in [0.1, 0.15) is 11.3 Å². The van der Waals surface area contributed by atoms with Gasteiger partial charge in [0.1, 0.15) is 5.82 Å². The predicted molar refractivity (Wildman–Crippen MR) is 71.2 cm³/mol. The van der Waals surface area contributed by atoms with Crippen molar-refractivity contribution in [2.45, 2.75) is 13.3 Å². The molecular formula is C14H13N3O. The number of nitrogens with one attached hydrogen (secondary N) is 1. The van der Waals surface area contributed by atoms with Crippen LogP contribution < -0.4 is 11.1 Å². The summed E-state index contributed by atoms with van der Waals surface area (Å²) in [5, 5.41) is 2.83. The Morgan fingerprint density at radius 2 is 2.11 bits per heavy atom. The average Bonchev–Trinajstić information content (AvgIpc) is 2.68. The predicted octanol–water partition coefficient (Wildman–Crippen LogP) is 2.13. The lowest BCUT2D eigenvalue weighted by Gasteiger charge is -2.07. The molecule has 4 heteroatoms. The van der Waals surface area contributed by atoms with Crippen molar-refractivity contribution in [2.24, 2.45) is 0 Å². The molecule has 4 nitrogen and oxygen atoms in total. The fraction of sp³-hybridized carbons (Fsp3) is 0.143. The standard InChI is InChI=1S/C14H13N3O/c1-8-11(3-5-13(15)16-8)9-2-4-12-10(6-9)7-14(18)17-12/h2-6H,7H2,1H3,(H2,15,16)(H,17,18). The third-order valence-electron chi connectivity index (χ3n) is 3.15. The zero-order chi connectivity index (χ0) is 12.7. The van der Waals surface area contributed by atoms with E-state index in [4.69, 9.17) is 5.73 Å². The first-order valence-electron chi connectivity index (χ1n) is 5.80. The molecule has 3 rings (SSSR count). The molecule has 1 aliphatic rings. The first kappa shape index (κ1) is 10.8. The van der Waals surface area contributed by atoms with Gasteiger partial charge in [0.25, 0.3) is 0 Å². The number of carbonyl (C=O) groups is 1. The maximum atomic E-state index is 11.3. The first-order valence-corrected chi connectivity index (χ1v) is 5.80. The Morgan fingerprint density at radius 3 is 2.89 bits per heavy atom. The number of anilines is 2. The Balaban J connectivity index is 2.08. The fourth-order valence-corrected chi connectivity index (χ4v) is 2.28. The summed E-state index contributed by atoms with van der Waals surface area (Å²) in [5.41, 5.74) is 10.6. The zero-order valence-electron chi connectivity index (χ0n) is 10.0. The van der Waals surface area contributed by atoms with E-state index in [-0.39, 0.29) is 5.91 Å². The SMILES string of the molecule is Cc1nc(N)ccc1-c1ccc2c(c1)CC(=O)N2. The van der Waals surface area contributed by atoms with E-state index in [1.54, 1.807) is 6.07 Å². The molecule has 0 radical (unpaired) electrons.